The van der Waals surface area contributed by atoms with Crippen molar-refractivity contribution in [2.75, 3.05) is 30.9 Å². The first-order valence-corrected chi connectivity index (χ1v) is 11.7. The topological polar surface area (TPSA) is 74.8 Å². The zero-order chi connectivity index (χ0) is 22.9. The summed E-state index contributed by atoms with van der Waals surface area (Å²) in [5, 5.41) is 3.43. The number of rotatable bonds is 3. The van der Waals surface area contributed by atoms with Crippen LogP contribution in [0.3, 0.4) is 0 Å². The second kappa shape index (κ2) is 8.98. The number of fused-ring (bicyclic) bond motifs is 2. The van der Waals surface area contributed by atoms with Gasteiger partial charge in [0.15, 0.2) is 0 Å². The van der Waals surface area contributed by atoms with E-state index in [1.807, 2.05) is 36.2 Å². The fourth-order valence-electron chi connectivity index (χ4n) is 5.02. The van der Waals surface area contributed by atoms with Crippen LogP contribution < -0.4 is 10.2 Å². The van der Waals surface area contributed by atoms with Gasteiger partial charge in [-0.3, -0.25) is 9.59 Å². The van der Waals surface area contributed by atoms with Crippen LogP contribution in [0.25, 0.3) is 5.57 Å². The van der Waals surface area contributed by atoms with E-state index in [1.165, 1.54) is 0 Å². The minimum Gasteiger partial charge on any atom is -0.381 e. The molecule has 0 unspecified atom stereocenters. The highest BCUT2D eigenvalue weighted by Gasteiger charge is 2.33. The zero-order valence-corrected chi connectivity index (χ0v) is 19.2. The summed E-state index contributed by atoms with van der Waals surface area (Å²) in [6.07, 6.45) is 7.97. The zero-order valence-electron chi connectivity index (χ0n) is 19.2. The van der Waals surface area contributed by atoms with Gasteiger partial charge in [-0.15, -0.1) is 0 Å². The van der Waals surface area contributed by atoms with Gasteiger partial charge in [-0.1, -0.05) is 18.2 Å². The smallest absolute Gasteiger partial charge is 0.230 e. The number of benzene rings is 1. The van der Waals surface area contributed by atoms with Gasteiger partial charge in [0.05, 0.1) is 30.4 Å². The van der Waals surface area contributed by atoms with Crippen LogP contribution in [0.2, 0.25) is 0 Å². The van der Waals surface area contributed by atoms with E-state index in [0.29, 0.717) is 19.5 Å². The Balaban J connectivity index is 1.51. The second-order valence-electron chi connectivity index (χ2n) is 9.18. The Labute approximate surface area is 194 Å². The number of carbonyl (C=O) groups is 2. The molecule has 2 aliphatic heterocycles. The molecule has 1 aliphatic carbocycles. The van der Waals surface area contributed by atoms with Gasteiger partial charge >= 0.3 is 0 Å². The lowest BCUT2D eigenvalue weighted by atomic mass is 9.86. The van der Waals surface area contributed by atoms with Crippen molar-refractivity contribution in [1.29, 1.82) is 0 Å². The van der Waals surface area contributed by atoms with Crippen molar-refractivity contribution in [2.45, 2.75) is 44.8 Å². The van der Waals surface area contributed by atoms with E-state index in [2.05, 4.69) is 22.4 Å². The number of nitrogens with zero attached hydrogens (tertiary/aromatic N) is 3. The molecule has 1 fully saturated rings. The molecule has 0 radical (unpaired) electrons. The van der Waals surface area contributed by atoms with E-state index in [9.17, 15) is 9.59 Å². The Morgan fingerprint density at radius 3 is 2.76 bits per heavy atom. The van der Waals surface area contributed by atoms with E-state index >= 15 is 0 Å². The minimum absolute atomic E-state index is 0.0183. The van der Waals surface area contributed by atoms with Crippen LogP contribution in [0.4, 0.5) is 17.2 Å². The van der Waals surface area contributed by atoms with Gasteiger partial charge in [-0.25, -0.2) is 4.98 Å². The highest BCUT2D eigenvalue weighted by atomic mass is 16.5. The van der Waals surface area contributed by atoms with Crippen LogP contribution in [0.15, 0.2) is 42.6 Å². The average Bonchev–Trinajstić information content (AvgIpc) is 3.01. The number of methoxy groups -OCH3 is 1. The van der Waals surface area contributed by atoms with Crippen molar-refractivity contribution < 1.29 is 14.3 Å². The van der Waals surface area contributed by atoms with Crippen LogP contribution in [-0.2, 0) is 20.9 Å². The third-order valence-electron chi connectivity index (χ3n) is 7.13. The van der Waals surface area contributed by atoms with Gasteiger partial charge < -0.3 is 19.9 Å². The predicted molar refractivity (Wildman–Crippen MR) is 128 cm³/mol. The Kier molecular flexibility index (Phi) is 5.89. The molecule has 7 nitrogen and oxygen atoms in total. The largest absolute Gasteiger partial charge is 0.381 e. The molecular weight excluding hydrogens is 416 g/mol. The fraction of sp³-hybridized carbons (Fsp3) is 0.423. The van der Waals surface area contributed by atoms with Crippen molar-refractivity contribution >= 4 is 34.6 Å². The average molecular weight is 447 g/mol. The molecule has 3 aliphatic rings. The Morgan fingerprint density at radius 2 is 2.00 bits per heavy atom. The molecule has 5 rings (SSSR count). The van der Waals surface area contributed by atoms with Crippen molar-refractivity contribution in [3.8, 4) is 0 Å². The number of hydrogen-bond donors (Lipinski definition) is 1. The maximum atomic E-state index is 13.8. The normalized spacial score (nSPS) is 22.6. The standard InChI is InChI=1S/C26H30N4O3/c1-29-13-11-19(15-24(29)31)18-7-10-22-23(14-18)30(16-20-4-3-12-27-25(20)28-22)26(32)17-5-8-21(33-2)9-6-17/h3-4,7,10-12,14,17,21H,5-6,8-9,13,15-16H2,1-2H3,(H,27,28). The Morgan fingerprint density at radius 1 is 1.18 bits per heavy atom. The van der Waals surface area contributed by atoms with E-state index in [1.54, 1.807) is 18.2 Å². The lowest BCUT2D eigenvalue weighted by Crippen LogP contribution is -2.38. The first kappa shape index (κ1) is 21.6. The first-order chi connectivity index (χ1) is 16.0. The number of aromatic nitrogens is 1. The number of pyridine rings is 1. The number of amides is 2. The number of likely N-dealkylation sites (N-methyl/N-ethyl adjacent to an activating group) is 1. The van der Waals surface area contributed by atoms with Gasteiger partial charge in [0.1, 0.15) is 5.82 Å². The molecular formula is C26H30N4O3. The fourth-order valence-corrected chi connectivity index (χ4v) is 5.02. The van der Waals surface area contributed by atoms with Gasteiger partial charge in [0, 0.05) is 38.4 Å². The van der Waals surface area contributed by atoms with Crippen molar-refractivity contribution in [3.63, 3.8) is 0 Å². The third kappa shape index (κ3) is 4.25. The highest BCUT2D eigenvalue weighted by molar-refractivity contribution is 6.01. The highest BCUT2D eigenvalue weighted by Crippen LogP contribution is 2.39. The summed E-state index contributed by atoms with van der Waals surface area (Å²) < 4.78 is 5.51. The van der Waals surface area contributed by atoms with Gasteiger partial charge in [0.2, 0.25) is 11.8 Å². The molecule has 2 amide bonds. The van der Waals surface area contributed by atoms with E-state index in [-0.39, 0.29) is 23.8 Å². The van der Waals surface area contributed by atoms with Gasteiger partial charge in [-0.05, 0) is 55.0 Å². The quantitative estimate of drug-likeness (QED) is 0.768. The van der Waals surface area contributed by atoms with Crippen LogP contribution in [0.1, 0.15) is 43.2 Å². The summed E-state index contributed by atoms with van der Waals surface area (Å²) in [5.74, 6) is 1.02. The molecule has 0 bridgehead atoms. The SMILES string of the molecule is COC1CCC(C(=O)N2Cc3cccnc3Nc3ccc(C4=CCN(C)C(=O)C4)cc32)CC1. The third-order valence-corrected chi connectivity index (χ3v) is 7.13. The van der Waals surface area contributed by atoms with Crippen LogP contribution in [0.5, 0.6) is 0 Å². The lowest BCUT2D eigenvalue weighted by Gasteiger charge is -2.32. The number of hydrogen-bond acceptors (Lipinski definition) is 5. The maximum absolute atomic E-state index is 13.8. The van der Waals surface area contributed by atoms with Crippen LogP contribution in [0, 0.1) is 5.92 Å². The summed E-state index contributed by atoms with van der Waals surface area (Å²) in [7, 11) is 3.57. The predicted octanol–water partition coefficient (Wildman–Crippen LogP) is 4.12. The molecule has 3 heterocycles. The summed E-state index contributed by atoms with van der Waals surface area (Å²) in [6, 6.07) is 10.00. The molecule has 7 heteroatoms. The Bertz CT molecular complexity index is 1100. The molecule has 0 atom stereocenters. The first-order valence-electron chi connectivity index (χ1n) is 11.7. The summed E-state index contributed by atoms with van der Waals surface area (Å²) in [6.45, 7) is 1.07. The maximum Gasteiger partial charge on any atom is 0.230 e. The minimum atomic E-state index is -0.0183. The number of anilines is 3. The molecule has 1 N–H and O–H groups in total. The second-order valence-corrected chi connectivity index (χ2v) is 9.18. The van der Waals surface area contributed by atoms with E-state index in [4.69, 9.17) is 4.74 Å². The number of ether oxygens (including phenoxy) is 1. The molecule has 2 aromatic rings. The molecule has 0 spiro atoms. The van der Waals surface area contributed by atoms with E-state index < -0.39 is 0 Å². The summed E-state index contributed by atoms with van der Waals surface area (Å²) in [5.41, 5.74) is 4.68. The monoisotopic (exact) mass is 446 g/mol. The molecule has 33 heavy (non-hydrogen) atoms. The van der Waals surface area contributed by atoms with Crippen LogP contribution in [-0.4, -0.2) is 48.5 Å². The molecule has 0 saturated heterocycles. The van der Waals surface area contributed by atoms with Gasteiger partial charge in [-0.2, -0.15) is 0 Å². The van der Waals surface area contributed by atoms with Crippen LogP contribution >= 0.6 is 0 Å². The molecule has 1 aromatic carbocycles. The van der Waals surface area contributed by atoms with E-state index in [0.717, 1.165) is 59.6 Å². The summed E-state index contributed by atoms with van der Waals surface area (Å²) >= 11 is 0. The molecule has 172 valence electrons. The lowest BCUT2D eigenvalue weighted by molar-refractivity contribution is -0.128. The number of nitrogens with one attached hydrogen (secondary N) is 1. The number of carbonyl (C=O) groups excluding carboxylic acids is 2. The van der Waals surface area contributed by atoms with Crippen molar-refractivity contribution in [1.82, 2.24) is 9.88 Å². The van der Waals surface area contributed by atoms with Crippen molar-refractivity contribution in [3.05, 3.63) is 53.7 Å². The van der Waals surface area contributed by atoms with Crippen molar-refractivity contribution in [2.24, 2.45) is 5.92 Å². The van der Waals surface area contributed by atoms with Gasteiger partial charge in [0.25, 0.3) is 0 Å². The Hall–Kier alpha value is -3.19. The molecule has 1 aromatic heterocycles. The molecule has 1 saturated carbocycles. The summed E-state index contributed by atoms with van der Waals surface area (Å²) in [4.78, 5) is 34.3.